The monoisotopic (exact) mass is 429 g/mol. The van der Waals surface area contributed by atoms with Gasteiger partial charge in [0.05, 0.1) is 0 Å². The summed E-state index contributed by atoms with van der Waals surface area (Å²) in [6, 6.07) is 10.2. The molecule has 2 aromatic rings. The third kappa shape index (κ3) is 5.41. The smallest absolute Gasteiger partial charge is 0.243 e. The third-order valence-electron chi connectivity index (χ3n) is 4.69. The van der Waals surface area contributed by atoms with Crippen LogP contribution in [-0.4, -0.2) is 52.6 Å². The van der Waals surface area contributed by atoms with Crippen LogP contribution in [0.4, 0.5) is 14.5 Å². The molecule has 2 aromatic carbocycles. The van der Waals surface area contributed by atoms with E-state index in [0.29, 0.717) is 17.5 Å². The number of hydrogen-bond acceptors (Lipinski definition) is 4. The van der Waals surface area contributed by atoms with Gasteiger partial charge in [-0.1, -0.05) is 11.6 Å². The zero-order valence-electron chi connectivity index (χ0n) is 15.2. The van der Waals surface area contributed by atoms with E-state index in [1.54, 1.807) is 0 Å². The lowest BCUT2D eigenvalue weighted by Gasteiger charge is -2.36. The van der Waals surface area contributed by atoms with E-state index in [1.807, 2.05) is 24.3 Å². The number of nitrogens with one attached hydrogen (secondary N) is 1. The van der Waals surface area contributed by atoms with Gasteiger partial charge in [-0.25, -0.2) is 21.9 Å². The molecule has 1 fully saturated rings. The van der Waals surface area contributed by atoms with Crippen molar-refractivity contribution in [3.63, 3.8) is 0 Å². The van der Waals surface area contributed by atoms with Crippen LogP contribution < -0.4 is 9.62 Å². The first kappa shape index (κ1) is 21.0. The van der Waals surface area contributed by atoms with Crippen molar-refractivity contribution >= 4 is 27.3 Å². The van der Waals surface area contributed by atoms with Crippen LogP contribution in [0.15, 0.2) is 47.4 Å². The molecule has 0 unspecified atom stereocenters. The average molecular weight is 430 g/mol. The molecule has 9 heteroatoms. The molecule has 1 aliphatic rings. The van der Waals surface area contributed by atoms with E-state index in [1.165, 1.54) is 0 Å². The van der Waals surface area contributed by atoms with Crippen molar-refractivity contribution in [3.8, 4) is 0 Å². The maximum atomic E-state index is 13.7. The van der Waals surface area contributed by atoms with Crippen molar-refractivity contribution in [3.05, 3.63) is 59.1 Å². The molecule has 0 saturated carbocycles. The fourth-order valence-corrected chi connectivity index (χ4v) is 4.42. The summed E-state index contributed by atoms with van der Waals surface area (Å²) in [5, 5.41) is 0.713. The standard InChI is InChI=1S/C19H22ClF2N3O2S/c20-15-2-5-17(6-3-15)25-12-10-24(11-13-25)9-1-8-23-28(26,27)19-7-4-16(21)14-18(19)22/h2-7,14,23H,1,8-13H2. The average Bonchev–Trinajstić information content (AvgIpc) is 2.66. The Kier molecular flexibility index (Phi) is 6.87. The zero-order chi connectivity index (χ0) is 20.1. The highest BCUT2D eigenvalue weighted by molar-refractivity contribution is 7.89. The van der Waals surface area contributed by atoms with Crippen LogP contribution in [0, 0.1) is 11.6 Å². The summed E-state index contributed by atoms with van der Waals surface area (Å²) in [5.74, 6) is -1.90. The van der Waals surface area contributed by atoms with Gasteiger partial charge in [-0.15, -0.1) is 0 Å². The SMILES string of the molecule is O=S(=O)(NCCCN1CCN(c2ccc(Cl)cc2)CC1)c1ccc(F)cc1F. The molecule has 1 N–H and O–H groups in total. The van der Waals surface area contributed by atoms with E-state index in [0.717, 1.165) is 50.5 Å². The molecule has 1 aliphatic heterocycles. The first-order valence-electron chi connectivity index (χ1n) is 9.03. The number of sulfonamides is 1. The lowest BCUT2D eigenvalue weighted by molar-refractivity contribution is 0.255. The Bertz CT molecular complexity index is 902. The van der Waals surface area contributed by atoms with Crippen LogP contribution in [0.2, 0.25) is 5.02 Å². The summed E-state index contributed by atoms with van der Waals surface area (Å²) >= 11 is 5.92. The fraction of sp³-hybridized carbons (Fsp3) is 0.368. The second kappa shape index (κ2) is 9.17. The van der Waals surface area contributed by atoms with Crippen molar-refractivity contribution < 1.29 is 17.2 Å². The summed E-state index contributed by atoms with van der Waals surface area (Å²) in [4.78, 5) is 4.01. The molecule has 28 heavy (non-hydrogen) atoms. The number of rotatable bonds is 7. The number of piperazine rings is 1. The molecule has 5 nitrogen and oxygen atoms in total. The number of anilines is 1. The minimum atomic E-state index is -3.99. The Balaban J connectivity index is 1.42. The van der Waals surface area contributed by atoms with Crippen LogP contribution in [0.25, 0.3) is 0 Å². The van der Waals surface area contributed by atoms with Crippen molar-refractivity contribution in [2.75, 3.05) is 44.2 Å². The normalized spacial score (nSPS) is 15.8. The minimum absolute atomic E-state index is 0.191. The number of benzene rings is 2. The van der Waals surface area contributed by atoms with Gasteiger partial charge in [0, 0.05) is 49.5 Å². The molecule has 3 rings (SSSR count). The number of hydrogen-bond donors (Lipinski definition) is 1. The molecule has 1 saturated heterocycles. The molecule has 1 heterocycles. The van der Waals surface area contributed by atoms with Gasteiger partial charge in [-0.05, 0) is 49.4 Å². The zero-order valence-corrected chi connectivity index (χ0v) is 16.8. The Labute approximate surface area is 169 Å². The van der Waals surface area contributed by atoms with Gasteiger partial charge in [0.25, 0.3) is 0 Å². The van der Waals surface area contributed by atoms with Crippen LogP contribution in [-0.2, 0) is 10.0 Å². The van der Waals surface area contributed by atoms with E-state index >= 15 is 0 Å². The minimum Gasteiger partial charge on any atom is -0.369 e. The Morgan fingerprint density at radius 2 is 1.68 bits per heavy atom. The van der Waals surface area contributed by atoms with E-state index in [4.69, 9.17) is 11.6 Å². The molecular formula is C19H22ClF2N3O2S. The quantitative estimate of drug-likeness (QED) is 0.687. The van der Waals surface area contributed by atoms with Gasteiger partial charge in [0.2, 0.25) is 10.0 Å². The Hall–Kier alpha value is -1.74. The van der Waals surface area contributed by atoms with Gasteiger partial charge in [0.1, 0.15) is 16.5 Å². The summed E-state index contributed by atoms with van der Waals surface area (Å²) in [7, 11) is -3.99. The highest BCUT2D eigenvalue weighted by Crippen LogP contribution is 2.19. The van der Waals surface area contributed by atoms with Gasteiger partial charge < -0.3 is 4.90 Å². The predicted octanol–water partition coefficient (Wildman–Crippen LogP) is 3.11. The van der Waals surface area contributed by atoms with Gasteiger partial charge in [-0.3, -0.25) is 4.90 Å². The Morgan fingerprint density at radius 3 is 2.32 bits per heavy atom. The predicted molar refractivity (Wildman–Crippen MR) is 106 cm³/mol. The molecule has 0 bridgehead atoms. The lowest BCUT2D eigenvalue weighted by atomic mass is 10.2. The molecule has 0 aromatic heterocycles. The fourth-order valence-electron chi connectivity index (χ4n) is 3.16. The first-order valence-corrected chi connectivity index (χ1v) is 10.9. The molecule has 0 spiro atoms. The lowest BCUT2D eigenvalue weighted by Crippen LogP contribution is -2.47. The second-order valence-electron chi connectivity index (χ2n) is 6.63. The van der Waals surface area contributed by atoms with Crippen LogP contribution in [0.3, 0.4) is 0 Å². The van der Waals surface area contributed by atoms with E-state index in [-0.39, 0.29) is 6.54 Å². The van der Waals surface area contributed by atoms with Crippen molar-refractivity contribution in [2.45, 2.75) is 11.3 Å². The Morgan fingerprint density at radius 1 is 1.00 bits per heavy atom. The molecular weight excluding hydrogens is 408 g/mol. The van der Waals surface area contributed by atoms with Gasteiger partial charge in [-0.2, -0.15) is 0 Å². The third-order valence-corrected chi connectivity index (χ3v) is 6.44. The van der Waals surface area contributed by atoms with Gasteiger partial charge in [0.15, 0.2) is 0 Å². The number of halogens is 3. The first-order chi connectivity index (χ1) is 13.3. The van der Waals surface area contributed by atoms with E-state index in [9.17, 15) is 17.2 Å². The van der Waals surface area contributed by atoms with Crippen molar-refractivity contribution in [1.82, 2.24) is 9.62 Å². The van der Waals surface area contributed by atoms with Crippen molar-refractivity contribution in [2.24, 2.45) is 0 Å². The van der Waals surface area contributed by atoms with Gasteiger partial charge >= 0.3 is 0 Å². The molecule has 0 radical (unpaired) electrons. The summed E-state index contributed by atoms with van der Waals surface area (Å²) < 4.78 is 53.2. The topological polar surface area (TPSA) is 52.7 Å². The number of nitrogens with zero attached hydrogens (tertiary/aromatic N) is 2. The highest BCUT2D eigenvalue weighted by Gasteiger charge is 2.20. The van der Waals surface area contributed by atoms with Crippen LogP contribution in [0.1, 0.15) is 6.42 Å². The van der Waals surface area contributed by atoms with E-state index in [2.05, 4.69) is 14.5 Å². The summed E-state index contributed by atoms with van der Waals surface area (Å²) in [6.07, 6.45) is 0.600. The molecule has 0 atom stereocenters. The summed E-state index contributed by atoms with van der Waals surface area (Å²) in [6.45, 7) is 4.45. The molecule has 0 aliphatic carbocycles. The van der Waals surface area contributed by atoms with Crippen molar-refractivity contribution in [1.29, 1.82) is 0 Å². The molecule has 0 amide bonds. The maximum absolute atomic E-state index is 13.7. The molecule has 152 valence electrons. The maximum Gasteiger partial charge on any atom is 0.243 e. The summed E-state index contributed by atoms with van der Waals surface area (Å²) in [5.41, 5.74) is 1.14. The second-order valence-corrected chi connectivity index (χ2v) is 8.80. The highest BCUT2D eigenvalue weighted by atomic mass is 35.5. The van der Waals surface area contributed by atoms with Crippen LogP contribution in [0.5, 0.6) is 0 Å². The van der Waals surface area contributed by atoms with Crippen LogP contribution >= 0.6 is 11.6 Å². The largest absolute Gasteiger partial charge is 0.369 e. The van der Waals surface area contributed by atoms with E-state index < -0.39 is 26.6 Å².